The quantitative estimate of drug-likeness (QED) is 0.307. The molecule has 1 aliphatic carbocycles. The summed E-state index contributed by atoms with van der Waals surface area (Å²) >= 11 is 0. The van der Waals surface area contributed by atoms with Crippen LogP contribution in [0.4, 0.5) is 17.5 Å². The van der Waals surface area contributed by atoms with Crippen LogP contribution in [0.25, 0.3) is 33.2 Å². The van der Waals surface area contributed by atoms with Crippen LogP contribution in [0.2, 0.25) is 0 Å². The molecule has 1 saturated heterocycles. The first-order valence-electron chi connectivity index (χ1n) is 12.7. The van der Waals surface area contributed by atoms with Gasteiger partial charge in [-0.05, 0) is 67.5 Å². The smallest absolute Gasteiger partial charge is 0.231 e. The molecule has 7 rings (SSSR count). The van der Waals surface area contributed by atoms with Gasteiger partial charge in [-0.25, -0.2) is 4.98 Å². The van der Waals surface area contributed by atoms with Crippen LogP contribution in [0.3, 0.4) is 0 Å². The lowest BCUT2D eigenvalue weighted by molar-refractivity contribution is -0.0298. The molecule has 1 unspecified atom stereocenters. The highest BCUT2D eigenvalue weighted by Gasteiger charge is 2.26. The first-order valence-corrected chi connectivity index (χ1v) is 12.7. The summed E-state index contributed by atoms with van der Waals surface area (Å²) in [5.41, 5.74) is 5.73. The third kappa shape index (κ3) is 4.03. The van der Waals surface area contributed by atoms with Gasteiger partial charge in [0, 0.05) is 29.9 Å². The molecule has 0 spiro atoms. The van der Waals surface area contributed by atoms with E-state index in [0.29, 0.717) is 12.0 Å². The molecule has 1 atom stereocenters. The Morgan fingerprint density at radius 3 is 2.67 bits per heavy atom. The maximum absolute atomic E-state index is 6.04. The van der Waals surface area contributed by atoms with Crippen molar-refractivity contribution in [3.8, 4) is 11.1 Å². The molecule has 180 valence electrons. The number of aromatic nitrogens is 5. The highest BCUT2D eigenvalue weighted by molar-refractivity contribution is 5.96. The fourth-order valence-corrected chi connectivity index (χ4v) is 4.87. The summed E-state index contributed by atoms with van der Waals surface area (Å²) in [6, 6.07) is 19.1. The van der Waals surface area contributed by atoms with Crippen molar-refractivity contribution in [3.05, 3.63) is 67.1 Å². The molecule has 2 aromatic carbocycles. The molecule has 0 amide bonds. The molecule has 0 radical (unpaired) electrons. The van der Waals surface area contributed by atoms with E-state index >= 15 is 0 Å². The number of nitrogens with zero attached hydrogens (tertiary/aromatic N) is 5. The molecule has 2 aliphatic rings. The van der Waals surface area contributed by atoms with E-state index in [4.69, 9.17) is 14.7 Å². The van der Waals surface area contributed by atoms with Gasteiger partial charge in [-0.2, -0.15) is 9.97 Å². The van der Waals surface area contributed by atoms with Crippen molar-refractivity contribution in [2.75, 3.05) is 17.2 Å². The van der Waals surface area contributed by atoms with Crippen molar-refractivity contribution >= 4 is 39.5 Å². The molecule has 5 aromatic rings. The first-order chi connectivity index (χ1) is 17.8. The van der Waals surface area contributed by atoms with Gasteiger partial charge in [-0.1, -0.05) is 30.3 Å². The average molecular weight is 478 g/mol. The Labute approximate surface area is 208 Å². The zero-order valence-corrected chi connectivity index (χ0v) is 19.9. The number of ether oxygens (including phenoxy) is 1. The molecule has 3 aromatic heterocycles. The lowest BCUT2D eigenvalue weighted by Gasteiger charge is -2.24. The zero-order valence-electron chi connectivity index (χ0n) is 19.9. The van der Waals surface area contributed by atoms with E-state index in [0.717, 1.165) is 83.4 Å². The molecular formula is C28H27N7O. The fraction of sp³-hybridized carbons (Fsp3) is 0.286. The number of benzene rings is 2. The summed E-state index contributed by atoms with van der Waals surface area (Å²) in [4.78, 5) is 19.0. The molecule has 1 saturated carbocycles. The second kappa shape index (κ2) is 8.87. The van der Waals surface area contributed by atoms with Crippen LogP contribution in [0.15, 0.2) is 67.1 Å². The van der Waals surface area contributed by atoms with E-state index in [1.807, 2.05) is 30.7 Å². The highest BCUT2D eigenvalue weighted by Crippen LogP contribution is 2.33. The van der Waals surface area contributed by atoms with Crippen molar-refractivity contribution < 1.29 is 4.74 Å². The van der Waals surface area contributed by atoms with E-state index < -0.39 is 0 Å². The van der Waals surface area contributed by atoms with Gasteiger partial charge < -0.3 is 15.4 Å². The van der Waals surface area contributed by atoms with E-state index in [1.165, 1.54) is 0 Å². The Bertz CT molecular complexity index is 1540. The normalized spacial score (nSPS) is 17.9. The Morgan fingerprint density at radius 2 is 1.83 bits per heavy atom. The summed E-state index contributed by atoms with van der Waals surface area (Å²) in [6.45, 7) is 0.766. The van der Waals surface area contributed by atoms with E-state index in [1.54, 1.807) is 0 Å². The van der Waals surface area contributed by atoms with E-state index in [2.05, 4.69) is 61.6 Å². The minimum Gasteiger partial charge on any atom is -0.365 e. The van der Waals surface area contributed by atoms with Crippen LogP contribution in [-0.4, -0.2) is 37.2 Å². The lowest BCUT2D eigenvalue weighted by Crippen LogP contribution is -2.18. The van der Waals surface area contributed by atoms with Gasteiger partial charge in [0.15, 0.2) is 17.0 Å². The van der Waals surface area contributed by atoms with Crippen LogP contribution in [0.1, 0.15) is 38.3 Å². The second-order valence-corrected chi connectivity index (χ2v) is 9.54. The molecule has 8 heteroatoms. The molecule has 0 bridgehead atoms. The summed E-state index contributed by atoms with van der Waals surface area (Å²) in [7, 11) is 0. The molecule has 2 fully saturated rings. The Morgan fingerprint density at radius 1 is 0.917 bits per heavy atom. The molecule has 36 heavy (non-hydrogen) atoms. The minimum absolute atomic E-state index is 0.0413. The van der Waals surface area contributed by atoms with Gasteiger partial charge in [-0.15, -0.1) is 0 Å². The van der Waals surface area contributed by atoms with Crippen LogP contribution in [-0.2, 0) is 4.74 Å². The number of anilines is 3. The molecule has 2 N–H and O–H groups in total. The van der Waals surface area contributed by atoms with E-state index in [9.17, 15) is 0 Å². The first kappa shape index (κ1) is 21.3. The number of hydrogen-bond donors (Lipinski definition) is 2. The Kier molecular flexibility index (Phi) is 5.24. The molecule has 1 aliphatic heterocycles. The number of pyridine rings is 1. The van der Waals surface area contributed by atoms with Crippen LogP contribution >= 0.6 is 0 Å². The predicted molar refractivity (Wildman–Crippen MR) is 141 cm³/mol. The monoisotopic (exact) mass is 477 g/mol. The molecule has 4 heterocycles. The number of hydrogen-bond acceptors (Lipinski definition) is 7. The van der Waals surface area contributed by atoms with Crippen LogP contribution in [0.5, 0.6) is 0 Å². The van der Waals surface area contributed by atoms with Gasteiger partial charge in [0.25, 0.3) is 0 Å². The van der Waals surface area contributed by atoms with Gasteiger partial charge in [0.05, 0.1) is 11.8 Å². The number of rotatable bonds is 6. The van der Waals surface area contributed by atoms with Gasteiger partial charge in [-0.3, -0.25) is 9.55 Å². The highest BCUT2D eigenvalue weighted by atomic mass is 16.5. The van der Waals surface area contributed by atoms with Crippen molar-refractivity contribution in [1.82, 2.24) is 24.5 Å². The van der Waals surface area contributed by atoms with Crippen molar-refractivity contribution in [3.63, 3.8) is 0 Å². The zero-order chi connectivity index (χ0) is 23.9. The van der Waals surface area contributed by atoms with E-state index in [-0.39, 0.29) is 6.23 Å². The number of imidazole rings is 1. The summed E-state index contributed by atoms with van der Waals surface area (Å²) in [6.07, 6.45) is 9.17. The SMILES string of the molecule is c1ccc(-c2ccnc3ccc(Nc4nc(NC5CC5)c5ncn(C6CCCCO6)c5n4)cc23)cc1. The average Bonchev–Trinajstić information content (AvgIpc) is 3.64. The summed E-state index contributed by atoms with van der Waals surface area (Å²) < 4.78 is 8.09. The number of fused-ring (bicyclic) bond motifs is 2. The largest absolute Gasteiger partial charge is 0.365 e. The maximum Gasteiger partial charge on any atom is 0.231 e. The van der Waals surface area contributed by atoms with Gasteiger partial charge in [0.2, 0.25) is 5.95 Å². The standard InChI is InChI=1S/C28H27N7O/c1-2-6-18(7-3-1)21-13-14-29-23-12-11-20(16-22(21)23)32-28-33-26(31-19-9-10-19)25-27(34-28)35(17-30-25)24-8-4-5-15-36-24/h1-3,6-7,11-14,16-17,19,24H,4-5,8-10,15H2,(H2,31,32,33,34). The summed E-state index contributed by atoms with van der Waals surface area (Å²) in [5.74, 6) is 1.31. The molecule has 8 nitrogen and oxygen atoms in total. The Hall–Kier alpha value is -4.04. The third-order valence-electron chi connectivity index (χ3n) is 6.89. The Balaban J connectivity index is 1.29. The third-order valence-corrected chi connectivity index (χ3v) is 6.89. The van der Waals surface area contributed by atoms with Crippen molar-refractivity contribution in [2.24, 2.45) is 0 Å². The fourth-order valence-electron chi connectivity index (χ4n) is 4.87. The maximum atomic E-state index is 6.04. The van der Waals surface area contributed by atoms with Crippen LogP contribution < -0.4 is 10.6 Å². The van der Waals surface area contributed by atoms with Crippen LogP contribution in [0, 0.1) is 0 Å². The molecular weight excluding hydrogens is 450 g/mol. The minimum atomic E-state index is -0.0413. The lowest BCUT2D eigenvalue weighted by atomic mass is 10.0. The number of nitrogens with one attached hydrogen (secondary N) is 2. The van der Waals surface area contributed by atoms with Crippen molar-refractivity contribution in [2.45, 2.75) is 44.4 Å². The van der Waals surface area contributed by atoms with Crippen molar-refractivity contribution in [1.29, 1.82) is 0 Å². The predicted octanol–water partition coefficient (Wildman–Crippen LogP) is 6.06. The second-order valence-electron chi connectivity index (χ2n) is 9.54. The topological polar surface area (TPSA) is 89.8 Å². The van der Waals surface area contributed by atoms with Gasteiger partial charge in [0.1, 0.15) is 6.23 Å². The van der Waals surface area contributed by atoms with Gasteiger partial charge >= 0.3 is 0 Å². The summed E-state index contributed by atoms with van der Waals surface area (Å²) in [5, 5.41) is 8.07.